The second kappa shape index (κ2) is 5.80. The molecule has 0 saturated carbocycles. The normalized spacial score (nSPS) is 20.7. The molecule has 1 aliphatic rings. The van der Waals surface area contributed by atoms with Gasteiger partial charge in [-0.15, -0.1) is 0 Å². The number of hydrogen-bond donors (Lipinski definition) is 1. The number of hydrogen-bond acceptors (Lipinski definition) is 2. The van der Waals surface area contributed by atoms with Crippen LogP contribution in [0.4, 0.5) is 0 Å². The van der Waals surface area contributed by atoms with Crippen LogP contribution in [0.2, 0.25) is 0 Å². The lowest BCUT2D eigenvalue weighted by atomic mass is 9.95. The number of carbonyl (C=O) groups excluding carboxylic acids is 1. The fourth-order valence-electron chi connectivity index (χ4n) is 3.71. The van der Waals surface area contributed by atoms with Crippen molar-refractivity contribution in [2.45, 2.75) is 12.0 Å². The minimum Gasteiger partial charge on any atom is -0.351 e. The minimum atomic E-state index is -0.0219. The Hall–Kier alpha value is -2.59. The molecule has 122 valence electrons. The second-order valence-corrected chi connectivity index (χ2v) is 6.56. The number of aromatic nitrogens is 1. The van der Waals surface area contributed by atoms with Gasteiger partial charge in [0.25, 0.3) is 5.91 Å². The molecule has 0 aliphatic carbocycles. The van der Waals surface area contributed by atoms with Gasteiger partial charge in [-0.2, -0.15) is 0 Å². The number of amides is 1. The summed E-state index contributed by atoms with van der Waals surface area (Å²) in [7, 11) is 1.99. The topological polar surface area (TPSA) is 51.3 Å². The maximum absolute atomic E-state index is 13.1. The predicted octanol–water partition coefficient (Wildman–Crippen LogP) is 2.75. The third-order valence-electron chi connectivity index (χ3n) is 5.04. The Labute approximate surface area is 141 Å². The molecule has 2 aromatic carbocycles. The smallest absolute Gasteiger partial charge is 0.254 e. The Kier molecular flexibility index (Phi) is 3.62. The van der Waals surface area contributed by atoms with Gasteiger partial charge in [0.15, 0.2) is 0 Å². The number of nitrogens with two attached hydrogens (primary N) is 1. The van der Waals surface area contributed by atoms with E-state index < -0.39 is 0 Å². The van der Waals surface area contributed by atoms with Crippen molar-refractivity contribution in [1.29, 1.82) is 0 Å². The zero-order chi connectivity index (χ0) is 16.7. The molecular weight excluding hydrogens is 298 g/mol. The monoisotopic (exact) mass is 319 g/mol. The minimum absolute atomic E-state index is 0.0219. The molecule has 24 heavy (non-hydrogen) atoms. The van der Waals surface area contributed by atoms with Gasteiger partial charge in [-0.3, -0.25) is 4.79 Å². The van der Waals surface area contributed by atoms with Gasteiger partial charge in [-0.05, 0) is 23.8 Å². The van der Waals surface area contributed by atoms with Crippen molar-refractivity contribution >= 4 is 16.8 Å². The van der Waals surface area contributed by atoms with E-state index in [0.29, 0.717) is 13.1 Å². The molecule has 4 heteroatoms. The van der Waals surface area contributed by atoms with Crippen LogP contribution >= 0.6 is 0 Å². The average Bonchev–Trinajstić information content (AvgIpc) is 3.18. The third-order valence-corrected chi connectivity index (χ3v) is 5.04. The van der Waals surface area contributed by atoms with Crippen LogP contribution in [0.3, 0.4) is 0 Å². The zero-order valence-electron chi connectivity index (χ0n) is 13.7. The van der Waals surface area contributed by atoms with Gasteiger partial charge in [0.1, 0.15) is 0 Å². The van der Waals surface area contributed by atoms with Crippen molar-refractivity contribution in [1.82, 2.24) is 9.47 Å². The number of fused-ring (bicyclic) bond motifs is 1. The van der Waals surface area contributed by atoms with Gasteiger partial charge in [-0.25, -0.2) is 0 Å². The van der Waals surface area contributed by atoms with Crippen molar-refractivity contribution in [2.24, 2.45) is 12.8 Å². The summed E-state index contributed by atoms with van der Waals surface area (Å²) in [5.74, 6) is 0.269. The van der Waals surface area contributed by atoms with Gasteiger partial charge < -0.3 is 15.2 Å². The lowest BCUT2D eigenvalue weighted by Gasteiger charge is -2.17. The van der Waals surface area contributed by atoms with Crippen molar-refractivity contribution in [3.63, 3.8) is 0 Å². The third kappa shape index (κ3) is 2.39. The van der Waals surface area contributed by atoms with Crippen LogP contribution in [-0.4, -0.2) is 34.5 Å². The molecule has 1 fully saturated rings. The fourth-order valence-corrected chi connectivity index (χ4v) is 3.71. The van der Waals surface area contributed by atoms with Crippen molar-refractivity contribution < 1.29 is 4.79 Å². The Morgan fingerprint density at radius 2 is 1.83 bits per heavy atom. The molecule has 0 spiro atoms. The number of carbonyl (C=O) groups is 1. The number of nitrogens with zero attached hydrogens (tertiary/aromatic N) is 2. The highest BCUT2D eigenvalue weighted by Gasteiger charge is 2.34. The first kappa shape index (κ1) is 15.0. The van der Waals surface area contributed by atoms with Crippen LogP contribution < -0.4 is 5.73 Å². The first-order valence-corrected chi connectivity index (χ1v) is 8.29. The van der Waals surface area contributed by atoms with Crippen LogP contribution in [0.5, 0.6) is 0 Å². The Morgan fingerprint density at radius 3 is 2.62 bits per heavy atom. The molecule has 1 saturated heterocycles. The molecule has 1 aromatic heterocycles. The predicted molar refractivity (Wildman–Crippen MR) is 96.0 cm³/mol. The average molecular weight is 319 g/mol. The van der Waals surface area contributed by atoms with Crippen LogP contribution in [0.15, 0.2) is 60.8 Å². The van der Waals surface area contributed by atoms with Crippen molar-refractivity contribution in [3.05, 3.63) is 71.9 Å². The Balaban J connectivity index is 1.63. The number of likely N-dealkylation sites (tertiary alicyclic amines) is 1. The molecule has 2 unspecified atom stereocenters. The highest BCUT2D eigenvalue weighted by atomic mass is 16.2. The van der Waals surface area contributed by atoms with Crippen LogP contribution in [-0.2, 0) is 7.05 Å². The molecule has 2 N–H and O–H groups in total. The molecule has 2 heterocycles. The quantitative estimate of drug-likeness (QED) is 0.789. The van der Waals surface area contributed by atoms with E-state index in [1.54, 1.807) is 0 Å². The van der Waals surface area contributed by atoms with E-state index in [9.17, 15) is 4.79 Å². The van der Waals surface area contributed by atoms with E-state index >= 15 is 0 Å². The van der Waals surface area contributed by atoms with Crippen molar-refractivity contribution in [2.75, 3.05) is 13.1 Å². The summed E-state index contributed by atoms with van der Waals surface area (Å²) < 4.78 is 2.04. The molecule has 3 aromatic rings. The standard InChI is InChI=1S/C20H21N3O/c1-22-11-10-15-16(8-5-9-19(15)22)20(24)23-12-17(18(21)13-23)14-6-3-2-4-7-14/h2-11,17-18H,12-13,21H2,1H3. The lowest BCUT2D eigenvalue weighted by Crippen LogP contribution is -2.32. The van der Waals surface area contributed by atoms with Gasteiger partial charge in [-0.1, -0.05) is 36.4 Å². The maximum atomic E-state index is 13.1. The van der Waals surface area contributed by atoms with E-state index in [2.05, 4.69) is 12.1 Å². The molecule has 4 nitrogen and oxygen atoms in total. The van der Waals surface area contributed by atoms with Crippen molar-refractivity contribution in [3.8, 4) is 0 Å². The van der Waals surface area contributed by atoms with Crippen LogP contribution in [0, 0.1) is 0 Å². The van der Waals surface area contributed by atoms with E-state index in [1.807, 2.05) is 65.2 Å². The number of rotatable bonds is 2. The molecule has 4 rings (SSSR count). The highest BCUT2D eigenvalue weighted by Crippen LogP contribution is 2.29. The number of aryl methyl sites for hydroxylation is 1. The largest absolute Gasteiger partial charge is 0.351 e. The summed E-state index contributed by atoms with van der Waals surface area (Å²) >= 11 is 0. The van der Waals surface area contributed by atoms with Gasteiger partial charge in [0.05, 0.1) is 0 Å². The van der Waals surface area contributed by atoms with E-state index in [4.69, 9.17) is 5.73 Å². The molecule has 0 radical (unpaired) electrons. The summed E-state index contributed by atoms with van der Waals surface area (Å²) in [6, 6.07) is 18.1. The summed E-state index contributed by atoms with van der Waals surface area (Å²) in [5, 5.41) is 1.00. The zero-order valence-corrected chi connectivity index (χ0v) is 13.7. The summed E-state index contributed by atoms with van der Waals surface area (Å²) in [6.45, 7) is 1.27. The van der Waals surface area contributed by atoms with E-state index in [1.165, 1.54) is 5.56 Å². The van der Waals surface area contributed by atoms with Crippen LogP contribution in [0.25, 0.3) is 10.9 Å². The molecule has 0 bridgehead atoms. The van der Waals surface area contributed by atoms with Gasteiger partial charge >= 0.3 is 0 Å². The van der Waals surface area contributed by atoms with Crippen LogP contribution in [0.1, 0.15) is 21.8 Å². The Morgan fingerprint density at radius 1 is 1.04 bits per heavy atom. The first-order chi connectivity index (χ1) is 11.6. The molecule has 1 amide bonds. The summed E-state index contributed by atoms with van der Waals surface area (Å²) in [5.41, 5.74) is 9.37. The number of benzene rings is 2. The Bertz CT molecular complexity index is 884. The second-order valence-electron chi connectivity index (χ2n) is 6.56. The molecular formula is C20H21N3O. The first-order valence-electron chi connectivity index (χ1n) is 8.29. The maximum Gasteiger partial charge on any atom is 0.254 e. The van der Waals surface area contributed by atoms with Gasteiger partial charge in [0, 0.05) is 54.8 Å². The highest BCUT2D eigenvalue weighted by molar-refractivity contribution is 6.06. The van der Waals surface area contributed by atoms with E-state index in [-0.39, 0.29) is 17.9 Å². The lowest BCUT2D eigenvalue weighted by molar-refractivity contribution is 0.0791. The fraction of sp³-hybridized carbons (Fsp3) is 0.250. The van der Waals surface area contributed by atoms with E-state index in [0.717, 1.165) is 16.5 Å². The molecule has 1 aliphatic heterocycles. The molecule has 2 atom stereocenters. The summed E-state index contributed by atoms with van der Waals surface area (Å²) in [6.07, 6.45) is 1.99. The SMILES string of the molecule is Cn1ccc2c(C(=O)N3CC(N)C(c4ccccc4)C3)cccc21. The van der Waals surface area contributed by atoms with Gasteiger partial charge in [0.2, 0.25) is 0 Å². The summed E-state index contributed by atoms with van der Waals surface area (Å²) in [4.78, 5) is 14.9.